The number of amides is 2. The number of carbonyl (C=O) groups is 2. The summed E-state index contributed by atoms with van der Waals surface area (Å²) in [4.78, 5) is 28.5. The summed E-state index contributed by atoms with van der Waals surface area (Å²) in [6, 6.07) is 17.7. The van der Waals surface area contributed by atoms with Gasteiger partial charge in [0, 0.05) is 44.6 Å². The first-order valence-electron chi connectivity index (χ1n) is 9.63. The van der Waals surface area contributed by atoms with Crippen molar-refractivity contribution in [1.82, 2.24) is 9.80 Å². The standard InChI is InChI=1S/C23H30N2O3/c1-18(2)25(16-20-10-6-5-7-11-20)23(27)14-15-24(19(3)26)17-21-12-8-9-13-22(21)28-4/h5-13,18H,14-17H2,1-4H3. The van der Waals surface area contributed by atoms with Crippen molar-refractivity contribution in [3.05, 3.63) is 65.7 Å². The highest BCUT2D eigenvalue weighted by Gasteiger charge is 2.20. The van der Waals surface area contributed by atoms with Crippen molar-refractivity contribution in [2.45, 2.75) is 46.3 Å². The van der Waals surface area contributed by atoms with E-state index in [-0.39, 0.29) is 17.9 Å². The summed E-state index contributed by atoms with van der Waals surface area (Å²) in [6.07, 6.45) is 0.291. The third kappa shape index (κ3) is 6.12. The van der Waals surface area contributed by atoms with Crippen molar-refractivity contribution in [1.29, 1.82) is 0 Å². The largest absolute Gasteiger partial charge is 0.496 e. The van der Waals surface area contributed by atoms with E-state index in [1.54, 1.807) is 12.0 Å². The molecular formula is C23H30N2O3. The molecule has 2 rings (SSSR count). The lowest BCUT2D eigenvalue weighted by Crippen LogP contribution is -2.39. The fraction of sp³-hybridized carbons (Fsp3) is 0.391. The van der Waals surface area contributed by atoms with E-state index in [0.29, 0.717) is 26.1 Å². The maximum atomic E-state index is 12.9. The van der Waals surface area contributed by atoms with Gasteiger partial charge in [0.05, 0.1) is 7.11 Å². The molecule has 2 aromatic rings. The minimum atomic E-state index is -0.0575. The van der Waals surface area contributed by atoms with Gasteiger partial charge in [0.2, 0.25) is 11.8 Å². The molecule has 0 aliphatic rings. The van der Waals surface area contributed by atoms with Crippen LogP contribution in [0.1, 0.15) is 38.3 Å². The van der Waals surface area contributed by atoms with Crippen molar-refractivity contribution in [2.75, 3.05) is 13.7 Å². The highest BCUT2D eigenvalue weighted by molar-refractivity contribution is 5.78. The summed E-state index contributed by atoms with van der Waals surface area (Å²) in [6.45, 7) is 6.93. The highest BCUT2D eigenvalue weighted by Crippen LogP contribution is 2.20. The van der Waals surface area contributed by atoms with Crippen LogP contribution in [-0.4, -0.2) is 41.3 Å². The Hall–Kier alpha value is -2.82. The van der Waals surface area contributed by atoms with Crippen LogP contribution in [0.5, 0.6) is 5.75 Å². The first-order chi connectivity index (χ1) is 13.4. The molecule has 150 valence electrons. The summed E-state index contributed by atoms with van der Waals surface area (Å²) in [5, 5.41) is 0. The first kappa shape index (κ1) is 21.5. The number of hydrogen-bond acceptors (Lipinski definition) is 3. The summed E-state index contributed by atoms with van der Waals surface area (Å²) in [7, 11) is 1.62. The normalized spacial score (nSPS) is 10.6. The van der Waals surface area contributed by atoms with E-state index in [1.807, 2.05) is 73.3 Å². The summed E-state index contributed by atoms with van der Waals surface area (Å²) in [5.74, 6) is 0.732. The predicted molar refractivity (Wildman–Crippen MR) is 111 cm³/mol. The minimum absolute atomic E-state index is 0.0464. The van der Waals surface area contributed by atoms with Gasteiger partial charge in [-0.3, -0.25) is 9.59 Å². The number of hydrogen-bond donors (Lipinski definition) is 0. The van der Waals surface area contributed by atoms with Crippen molar-refractivity contribution in [2.24, 2.45) is 0 Å². The second-order valence-corrected chi connectivity index (χ2v) is 7.10. The van der Waals surface area contributed by atoms with Gasteiger partial charge >= 0.3 is 0 Å². The van der Waals surface area contributed by atoms with Crippen LogP contribution in [0.4, 0.5) is 0 Å². The molecule has 0 unspecified atom stereocenters. The molecule has 0 aromatic heterocycles. The minimum Gasteiger partial charge on any atom is -0.496 e. The highest BCUT2D eigenvalue weighted by atomic mass is 16.5. The molecule has 5 nitrogen and oxygen atoms in total. The Morgan fingerprint density at radius 2 is 1.61 bits per heavy atom. The van der Waals surface area contributed by atoms with Crippen LogP contribution >= 0.6 is 0 Å². The van der Waals surface area contributed by atoms with Gasteiger partial charge in [0.15, 0.2) is 0 Å². The second-order valence-electron chi connectivity index (χ2n) is 7.10. The van der Waals surface area contributed by atoms with Gasteiger partial charge in [0.1, 0.15) is 5.75 Å². The van der Waals surface area contributed by atoms with Crippen molar-refractivity contribution < 1.29 is 14.3 Å². The lowest BCUT2D eigenvalue weighted by Gasteiger charge is -2.29. The average molecular weight is 383 g/mol. The topological polar surface area (TPSA) is 49.9 Å². The predicted octanol–water partition coefficient (Wildman–Crippen LogP) is 3.87. The van der Waals surface area contributed by atoms with Crippen LogP contribution in [0.2, 0.25) is 0 Å². The van der Waals surface area contributed by atoms with Crippen molar-refractivity contribution >= 4 is 11.8 Å². The molecule has 0 N–H and O–H groups in total. The molecule has 5 heteroatoms. The molecule has 2 aromatic carbocycles. The molecule has 0 aliphatic heterocycles. The van der Waals surface area contributed by atoms with Crippen LogP contribution in [0, 0.1) is 0 Å². The van der Waals surface area contributed by atoms with Gasteiger partial charge in [-0.05, 0) is 25.5 Å². The molecule has 0 saturated carbocycles. The number of methoxy groups -OCH3 is 1. The Labute approximate surface area is 167 Å². The van der Waals surface area contributed by atoms with Crippen LogP contribution < -0.4 is 4.74 Å². The second kappa shape index (κ2) is 10.5. The molecule has 0 radical (unpaired) electrons. The van der Waals surface area contributed by atoms with Gasteiger partial charge in [-0.1, -0.05) is 48.5 Å². The number of ether oxygens (including phenoxy) is 1. The number of benzene rings is 2. The van der Waals surface area contributed by atoms with E-state index in [9.17, 15) is 9.59 Å². The SMILES string of the molecule is COc1ccccc1CN(CCC(=O)N(Cc1ccccc1)C(C)C)C(C)=O. The van der Waals surface area contributed by atoms with E-state index in [4.69, 9.17) is 4.74 Å². The van der Waals surface area contributed by atoms with E-state index >= 15 is 0 Å². The Balaban J connectivity index is 2.02. The van der Waals surface area contributed by atoms with E-state index in [2.05, 4.69) is 0 Å². The first-order valence-corrected chi connectivity index (χ1v) is 9.63. The maximum absolute atomic E-state index is 12.9. The number of para-hydroxylation sites is 1. The van der Waals surface area contributed by atoms with Gasteiger partial charge < -0.3 is 14.5 Å². The maximum Gasteiger partial charge on any atom is 0.224 e. The van der Waals surface area contributed by atoms with Gasteiger partial charge in [-0.15, -0.1) is 0 Å². The summed E-state index contributed by atoms with van der Waals surface area (Å²) < 4.78 is 5.37. The number of carbonyl (C=O) groups excluding carboxylic acids is 2. The Kier molecular flexibility index (Phi) is 8.05. The number of nitrogens with zero attached hydrogens (tertiary/aromatic N) is 2. The van der Waals surface area contributed by atoms with Crippen molar-refractivity contribution in [3.63, 3.8) is 0 Å². The van der Waals surface area contributed by atoms with Crippen LogP contribution in [0.3, 0.4) is 0 Å². The Morgan fingerprint density at radius 1 is 0.964 bits per heavy atom. The molecular weight excluding hydrogens is 352 g/mol. The molecule has 28 heavy (non-hydrogen) atoms. The molecule has 0 spiro atoms. The molecule has 0 aliphatic carbocycles. The third-order valence-electron chi connectivity index (χ3n) is 4.73. The van der Waals surface area contributed by atoms with Gasteiger partial charge in [0.25, 0.3) is 0 Å². The zero-order chi connectivity index (χ0) is 20.5. The fourth-order valence-corrected chi connectivity index (χ4v) is 3.10. The smallest absolute Gasteiger partial charge is 0.224 e. The zero-order valence-electron chi connectivity index (χ0n) is 17.2. The monoisotopic (exact) mass is 382 g/mol. The third-order valence-corrected chi connectivity index (χ3v) is 4.73. The summed E-state index contributed by atoms with van der Waals surface area (Å²) >= 11 is 0. The molecule has 0 saturated heterocycles. The van der Waals surface area contributed by atoms with Gasteiger partial charge in [-0.2, -0.15) is 0 Å². The zero-order valence-corrected chi connectivity index (χ0v) is 17.2. The fourth-order valence-electron chi connectivity index (χ4n) is 3.10. The van der Waals surface area contributed by atoms with E-state index in [1.165, 1.54) is 6.92 Å². The van der Waals surface area contributed by atoms with Gasteiger partial charge in [-0.25, -0.2) is 0 Å². The van der Waals surface area contributed by atoms with E-state index < -0.39 is 0 Å². The lowest BCUT2D eigenvalue weighted by molar-refractivity contribution is -0.135. The summed E-state index contributed by atoms with van der Waals surface area (Å²) in [5.41, 5.74) is 2.03. The quantitative estimate of drug-likeness (QED) is 0.661. The molecule has 0 bridgehead atoms. The van der Waals surface area contributed by atoms with Crippen LogP contribution in [0.25, 0.3) is 0 Å². The van der Waals surface area contributed by atoms with Crippen molar-refractivity contribution in [3.8, 4) is 5.75 Å². The number of rotatable bonds is 9. The molecule has 0 fully saturated rings. The average Bonchev–Trinajstić information content (AvgIpc) is 2.69. The van der Waals surface area contributed by atoms with Crippen LogP contribution in [0.15, 0.2) is 54.6 Å². The molecule has 2 amide bonds. The van der Waals surface area contributed by atoms with E-state index in [0.717, 1.165) is 16.9 Å². The Morgan fingerprint density at radius 3 is 2.21 bits per heavy atom. The lowest BCUT2D eigenvalue weighted by atomic mass is 10.1. The molecule has 0 heterocycles. The molecule has 0 atom stereocenters. The van der Waals surface area contributed by atoms with Crippen LogP contribution in [-0.2, 0) is 22.7 Å². The Bertz CT molecular complexity index is 774.